The average molecular weight is 481 g/mol. The first-order chi connectivity index (χ1) is 16.6. The number of aryl methyl sites for hydroxylation is 1. The van der Waals surface area contributed by atoms with Gasteiger partial charge in [-0.25, -0.2) is 4.79 Å². The third kappa shape index (κ3) is 3.84. The van der Waals surface area contributed by atoms with Crippen LogP contribution in [0.15, 0.2) is 74.9 Å². The molecule has 0 saturated carbocycles. The van der Waals surface area contributed by atoms with Crippen LogP contribution in [-0.2, 0) is 26.8 Å². The quantitative estimate of drug-likeness (QED) is 0.390. The Labute approximate surface area is 195 Å². The summed E-state index contributed by atoms with van der Waals surface area (Å²) in [5, 5.41) is 3.80. The molecule has 8 nitrogen and oxygen atoms in total. The molecule has 5 aromatic rings. The third-order valence-corrected chi connectivity index (χ3v) is 5.74. The van der Waals surface area contributed by atoms with Gasteiger partial charge in [-0.05, 0) is 17.7 Å². The van der Waals surface area contributed by atoms with E-state index >= 15 is 0 Å². The number of rotatable bonds is 4. The lowest BCUT2D eigenvalue weighted by Gasteiger charge is -2.10. The zero-order valence-electron chi connectivity index (χ0n) is 18.6. The minimum Gasteiger partial charge on any atom is -0.344 e. The topological polar surface area (TPSA) is 87.8 Å². The smallest absolute Gasteiger partial charge is 0.344 e. The van der Waals surface area contributed by atoms with Crippen molar-refractivity contribution in [3.05, 3.63) is 93.1 Å². The predicted molar refractivity (Wildman–Crippen MR) is 122 cm³/mol. The number of hydrogen-bond acceptors (Lipinski definition) is 5. The second-order valence-corrected chi connectivity index (χ2v) is 8.04. The Kier molecular flexibility index (Phi) is 5.19. The van der Waals surface area contributed by atoms with Crippen LogP contribution in [0.3, 0.4) is 0 Å². The summed E-state index contributed by atoms with van der Waals surface area (Å²) in [5.41, 5.74) is 0.400. The Balaban J connectivity index is 1.64. The van der Waals surface area contributed by atoms with Crippen LogP contribution in [0.1, 0.15) is 11.5 Å². The Morgan fingerprint density at radius 3 is 2.37 bits per heavy atom. The maximum Gasteiger partial charge on any atom is 0.416 e. The Morgan fingerprint density at radius 2 is 1.66 bits per heavy atom. The molecule has 5 rings (SSSR count). The molecule has 0 fully saturated rings. The standard InChI is InChI=1S/C24H18F3N5O3/c1-30-12-17(14-7-4-3-5-8-14)19-20(30)22(33)31(2)23(34)32(19)13-18-28-21(29-35-18)15-9-6-10-16(11-15)24(25,26)27/h3-12H,13H2,1-2H3. The molecule has 178 valence electrons. The maximum atomic E-state index is 13.1. The van der Waals surface area contributed by atoms with Gasteiger partial charge in [0.15, 0.2) is 0 Å². The summed E-state index contributed by atoms with van der Waals surface area (Å²) in [6.07, 6.45) is -2.75. The third-order valence-electron chi connectivity index (χ3n) is 5.74. The molecule has 2 aromatic carbocycles. The van der Waals surface area contributed by atoms with Gasteiger partial charge in [-0.15, -0.1) is 0 Å². The largest absolute Gasteiger partial charge is 0.416 e. The molecular formula is C24H18F3N5O3. The zero-order valence-corrected chi connectivity index (χ0v) is 18.6. The van der Waals surface area contributed by atoms with Gasteiger partial charge in [0.05, 0.1) is 11.1 Å². The molecule has 3 heterocycles. The van der Waals surface area contributed by atoms with E-state index < -0.39 is 23.0 Å². The van der Waals surface area contributed by atoms with Crippen molar-refractivity contribution < 1.29 is 17.7 Å². The van der Waals surface area contributed by atoms with Crippen LogP contribution >= 0.6 is 0 Å². The summed E-state index contributed by atoms with van der Waals surface area (Å²) in [5.74, 6) is -0.0427. The van der Waals surface area contributed by atoms with E-state index in [1.54, 1.807) is 17.8 Å². The minimum absolute atomic E-state index is 0.00215. The van der Waals surface area contributed by atoms with Crippen LogP contribution in [-0.4, -0.2) is 23.8 Å². The van der Waals surface area contributed by atoms with Gasteiger partial charge in [0.25, 0.3) is 5.56 Å². The van der Waals surface area contributed by atoms with Crippen LogP contribution in [0.4, 0.5) is 13.2 Å². The number of aromatic nitrogens is 5. The fourth-order valence-electron chi connectivity index (χ4n) is 4.04. The van der Waals surface area contributed by atoms with E-state index in [0.29, 0.717) is 16.6 Å². The average Bonchev–Trinajstić information content (AvgIpc) is 3.45. The number of hydrogen-bond donors (Lipinski definition) is 0. The molecule has 0 unspecified atom stereocenters. The molecular weight excluding hydrogens is 463 g/mol. The summed E-state index contributed by atoms with van der Waals surface area (Å²) < 4.78 is 48.5. The Hall–Kier alpha value is -4.41. The van der Waals surface area contributed by atoms with Crippen LogP contribution in [0.5, 0.6) is 0 Å². The minimum atomic E-state index is -4.52. The lowest BCUT2D eigenvalue weighted by molar-refractivity contribution is -0.137. The van der Waals surface area contributed by atoms with Crippen molar-refractivity contribution in [2.24, 2.45) is 14.1 Å². The van der Waals surface area contributed by atoms with Gasteiger partial charge in [0.1, 0.15) is 12.1 Å². The lowest BCUT2D eigenvalue weighted by Crippen LogP contribution is -2.38. The molecule has 0 bridgehead atoms. The maximum absolute atomic E-state index is 13.1. The van der Waals surface area contributed by atoms with Crippen molar-refractivity contribution in [2.75, 3.05) is 0 Å². The van der Waals surface area contributed by atoms with E-state index in [1.807, 2.05) is 30.3 Å². The fourth-order valence-corrected chi connectivity index (χ4v) is 4.04. The number of nitrogens with zero attached hydrogens (tertiary/aromatic N) is 5. The molecule has 0 saturated heterocycles. The second-order valence-electron chi connectivity index (χ2n) is 8.04. The summed E-state index contributed by atoms with van der Waals surface area (Å²) in [7, 11) is 3.08. The van der Waals surface area contributed by atoms with Crippen LogP contribution < -0.4 is 11.2 Å². The van der Waals surface area contributed by atoms with E-state index in [4.69, 9.17) is 4.52 Å². The highest BCUT2D eigenvalue weighted by molar-refractivity contribution is 5.93. The van der Waals surface area contributed by atoms with Gasteiger partial charge in [-0.1, -0.05) is 47.6 Å². The van der Waals surface area contributed by atoms with Crippen molar-refractivity contribution in [3.63, 3.8) is 0 Å². The number of halogens is 3. The molecule has 3 aromatic heterocycles. The van der Waals surface area contributed by atoms with E-state index in [-0.39, 0.29) is 23.8 Å². The summed E-state index contributed by atoms with van der Waals surface area (Å²) in [4.78, 5) is 30.3. The van der Waals surface area contributed by atoms with Gasteiger partial charge in [0.2, 0.25) is 11.7 Å². The molecule has 0 atom stereocenters. The Morgan fingerprint density at radius 1 is 0.943 bits per heavy atom. The molecule has 0 spiro atoms. The highest BCUT2D eigenvalue weighted by Crippen LogP contribution is 2.32. The van der Waals surface area contributed by atoms with E-state index in [2.05, 4.69) is 10.1 Å². The summed E-state index contributed by atoms with van der Waals surface area (Å²) in [6, 6.07) is 13.8. The first-order valence-corrected chi connectivity index (χ1v) is 10.5. The highest BCUT2D eigenvalue weighted by atomic mass is 19.4. The molecule has 0 radical (unpaired) electrons. The van der Waals surface area contributed by atoms with Crippen molar-refractivity contribution in [2.45, 2.75) is 12.7 Å². The molecule has 35 heavy (non-hydrogen) atoms. The van der Waals surface area contributed by atoms with Crippen LogP contribution in [0, 0.1) is 0 Å². The monoisotopic (exact) mass is 481 g/mol. The molecule has 0 aliphatic carbocycles. The summed E-state index contributed by atoms with van der Waals surface area (Å²) in [6.45, 7) is -0.181. The predicted octanol–water partition coefficient (Wildman–Crippen LogP) is 3.82. The van der Waals surface area contributed by atoms with Gasteiger partial charge in [-0.3, -0.25) is 13.9 Å². The van der Waals surface area contributed by atoms with Gasteiger partial charge < -0.3 is 9.09 Å². The number of fused-ring (bicyclic) bond motifs is 1. The molecule has 0 N–H and O–H groups in total. The molecule has 0 aliphatic heterocycles. The van der Waals surface area contributed by atoms with Gasteiger partial charge >= 0.3 is 11.9 Å². The van der Waals surface area contributed by atoms with Gasteiger partial charge in [-0.2, -0.15) is 18.2 Å². The molecule has 0 amide bonds. The fraction of sp³-hybridized carbons (Fsp3) is 0.167. The van der Waals surface area contributed by atoms with Crippen LogP contribution in [0.2, 0.25) is 0 Å². The Bertz CT molecular complexity index is 1680. The second kappa shape index (κ2) is 8.12. The highest BCUT2D eigenvalue weighted by Gasteiger charge is 2.31. The molecule has 0 aliphatic rings. The van der Waals surface area contributed by atoms with E-state index in [0.717, 1.165) is 22.3 Å². The van der Waals surface area contributed by atoms with Crippen molar-refractivity contribution in [1.29, 1.82) is 0 Å². The lowest BCUT2D eigenvalue weighted by atomic mass is 10.1. The summed E-state index contributed by atoms with van der Waals surface area (Å²) >= 11 is 0. The first-order valence-electron chi connectivity index (χ1n) is 10.5. The van der Waals surface area contributed by atoms with Crippen molar-refractivity contribution in [1.82, 2.24) is 23.8 Å². The number of alkyl halides is 3. The van der Waals surface area contributed by atoms with E-state index in [1.165, 1.54) is 23.7 Å². The van der Waals surface area contributed by atoms with Gasteiger partial charge in [0, 0.05) is 31.4 Å². The molecule has 11 heteroatoms. The van der Waals surface area contributed by atoms with Crippen molar-refractivity contribution >= 4 is 11.0 Å². The first kappa shape index (κ1) is 22.4. The van der Waals surface area contributed by atoms with Crippen LogP contribution in [0.25, 0.3) is 33.5 Å². The van der Waals surface area contributed by atoms with Crippen molar-refractivity contribution in [3.8, 4) is 22.5 Å². The normalized spacial score (nSPS) is 11.9. The SMILES string of the molecule is Cn1c(=O)c2c(c(-c3ccccc3)cn2C)n(Cc2nc(-c3cccc(C(F)(F)F)c3)no2)c1=O. The number of benzene rings is 2. The van der Waals surface area contributed by atoms with E-state index in [9.17, 15) is 22.8 Å². The zero-order chi connectivity index (χ0) is 24.9.